The van der Waals surface area contributed by atoms with Crippen molar-refractivity contribution in [1.82, 2.24) is 0 Å². The molecule has 0 spiro atoms. The van der Waals surface area contributed by atoms with Gasteiger partial charge in [-0.15, -0.1) is 0 Å². The van der Waals surface area contributed by atoms with E-state index in [0.717, 1.165) is 11.3 Å². The summed E-state index contributed by atoms with van der Waals surface area (Å²) in [4.78, 5) is 14.9. The Morgan fingerprint density at radius 2 is 2.20 bits per heavy atom. The lowest BCUT2D eigenvalue weighted by Gasteiger charge is -2.01. The van der Waals surface area contributed by atoms with Crippen LogP contribution in [0.15, 0.2) is 18.2 Å². The van der Waals surface area contributed by atoms with Gasteiger partial charge in [0.25, 0.3) is 0 Å². The zero-order valence-electron chi connectivity index (χ0n) is 8.06. The van der Waals surface area contributed by atoms with Crippen molar-refractivity contribution in [3.05, 3.63) is 23.8 Å². The Morgan fingerprint density at radius 1 is 1.40 bits per heavy atom. The summed E-state index contributed by atoms with van der Waals surface area (Å²) in [6.07, 6.45) is 0.836. The Bertz CT molecular complexity index is 378. The standard InChI is InChI=1S/C10H11NO4/c11-15-10(12)4-2-7-1-3-8-9(5-7)14-6-13-8/h1,3,5H,2,4,6,11H2. The molecule has 0 unspecified atom stereocenters. The van der Waals surface area contributed by atoms with Crippen LogP contribution in [0.25, 0.3) is 0 Å². The molecule has 0 saturated heterocycles. The molecule has 2 rings (SSSR count). The maximum Gasteiger partial charge on any atom is 0.324 e. The topological polar surface area (TPSA) is 70.8 Å². The Hall–Kier alpha value is -1.75. The van der Waals surface area contributed by atoms with Crippen LogP contribution in [0.5, 0.6) is 11.5 Å². The van der Waals surface area contributed by atoms with E-state index in [1.807, 2.05) is 18.2 Å². The molecule has 5 heteroatoms. The van der Waals surface area contributed by atoms with Crippen molar-refractivity contribution in [2.75, 3.05) is 6.79 Å². The van der Waals surface area contributed by atoms with E-state index in [0.29, 0.717) is 12.2 Å². The number of hydrogen-bond donors (Lipinski definition) is 1. The average Bonchev–Trinajstić information content (AvgIpc) is 2.72. The summed E-state index contributed by atoms with van der Waals surface area (Å²) in [5.41, 5.74) is 0.990. The maximum atomic E-state index is 10.8. The fourth-order valence-electron chi connectivity index (χ4n) is 1.40. The minimum Gasteiger partial charge on any atom is -0.454 e. The molecular formula is C10H11NO4. The normalized spacial score (nSPS) is 12.6. The van der Waals surface area contributed by atoms with Gasteiger partial charge in [-0.05, 0) is 24.1 Å². The van der Waals surface area contributed by atoms with E-state index in [4.69, 9.17) is 15.4 Å². The number of ether oxygens (including phenoxy) is 2. The van der Waals surface area contributed by atoms with Crippen LogP contribution >= 0.6 is 0 Å². The second-order valence-corrected chi connectivity index (χ2v) is 3.18. The molecule has 80 valence electrons. The number of benzene rings is 1. The summed E-state index contributed by atoms with van der Waals surface area (Å²) in [5, 5.41) is 0. The van der Waals surface area contributed by atoms with Crippen molar-refractivity contribution in [1.29, 1.82) is 0 Å². The molecule has 0 aliphatic carbocycles. The molecule has 0 atom stereocenters. The number of nitrogens with two attached hydrogens (primary N) is 1. The summed E-state index contributed by atoms with van der Waals surface area (Å²) < 4.78 is 10.4. The lowest BCUT2D eigenvalue weighted by atomic mass is 10.1. The van der Waals surface area contributed by atoms with Gasteiger partial charge in [0, 0.05) is 0 Å². The van der Waals surface area contributed by atoms with Gasteiger partial charge < -0.3 is 14.3 Å². The van der Waals surface area contributed by atoms with Crippen molar-refractivity contribution in [2.24, 2.45) is 5.90 Å². The van der Waals surface area contributed by atoms with Crippen molar-refractivity contribution in [3.8, 4) is 11.5 Å². The third-order valence-electron chi connectivity index (χ3n) is 2.19. The van der Waals surface area contributed by atoms with Gasteiger partial charge in [-0.2, -0.15) is 5.90 Å². The summed E-state index contributed by atoms with van der Waals surface area (Å²) in [5.74, 6) is 5.76. The SMILES string of the molecule is NOC(=O)CCc1ccc2c(c1)OCO2. The molecular weight excluding hydrogens is 198 g/mol. The van der Waals surface area contributed by atoms with Crippen LogP contribution in [0.2, 0.25) is 0 Å². The van der Waals surface area contributed by atoms with Gasteiger partial charge in [-0.1, -0.05) is 6.07 Å². The predicted molar refractivity (Wildman–Crippen MR) is 51.2 cm³/mol. The Balaban J connectivity index is 2.01. The molecule has 1 aliphatic heterocycles. The second kappa shape index (κ2) is 4.18. The number of carbonyl (C=O) groups is 1. The summed E-state index contributed by atoms with van der Waals surface area (Å²) >= 11 is 0. The Kier molecular flexibility index (Phi) is 2.73. The lowest BCUT2D eigenvalue weighted by Crippen LogP contribution is -2.10. The van der Waals surface area contributed by atoms with E-state index >= 15 is 0 Å². The van der Waals surface area contributed by atoms with Crippen LogP contribution < -0.4 is 15.4 Å². The highest BCUT2D eigenvalue weighted by Crippen LogP contribution is 2.32. The van der Waals surface area contributed by atoms with Gasteiger partial charge in [-0.25, -0.2) is 0 Å². The average molecular weight is 209 g/mol. The number of aryl methyl sites for hydroxylation is 1. The maximum absolute atomic E-state index is 10.8. The molecule has 0 amide bonds. The van der Waals surface area contributed by atoms with E-state index < -0.39 is 5.97 Å². The first-order chi connectivity index (χ1) is 7.29. The first-order valence-corrected chi connectivity index (χ1v) is 4.57. The van der Waals surface area contributed by atoms with Gasteiger partial charge in [0.2, 0.25) is 6.79 Å². The summed E-state index contributed by atoms with van der Waals surface area (Å²) in [6, 6.07) is 5.56. The third kappa shape index (κ3) is 2.19. The van der Waals surface area contributed by atoms with Crippen molar-refractivity contribution < 1.29 is 19.1 Å². The molecule has 1 aliphatic rings. The minimum atomic E-state index is -0.423. The van der Waals surface area contributed by atoms with E-state index in [1.54, 1.807) is 0 Å². The number of fused-ring (bicyclic) bond motifs is 1. The monoisotopic (exact) mass is 209 g/mol. The van der Waals surface area contributed by atoms with Crippen molar-refractivity contribution in [2.45, 2.75) is 12.8 Å². The third-order valence-corrected chi connectivity index (χ3v) is 2.19. The molecule has 0 fully saturated rings. The van der Waals surface area contributed by atoms with Gasteiger partial charge >= 0.3 is 5.97 Å². The molecule has 0 radical (unpaired) electrons. The van der Waals surface area contributed by atoms with E-state index in [1.165, 1.54) is 0 Å². The lowest BCUT2D eigenvalue weighted by molar-refractivity contribution is -0.144. The van der Waals surface area contributed by atoms with E-state index in [-0.39, 0.29) is 13.2 Å². The van der Waals surface area contributed by atoms with Crippen LogP contribution in [0, 0.1) is 0 Å². The van der Waals surface area contributed by atoms with Crippen LogP contribution in [-0.4, -0.2) is 12.8 Å². The second-order valence-electron chi connectivity index (χ2n) is 3.18. The summed E-state index contributed by atoms with van der Waals surface area (Å²) in [6.45, 7) is 0.254. The molecule has 0 saturated carbocycles. The Morgan fingerprint density at radius 3 is 3.00 bits per heavy atom. The first-order valence-electron chi connectivity index (χ1n) is 4.57. The molecule has 0 aromatic heterocycles. The van der Waals surface area contributed by atoms with Gasteiger partial charge in [0.05, 0.1) is 6.42 Å². The number of rotatable bonds is 3. The molecule has 0 bridgehead atoms. The smallest absolute Gasteiger partial charge is 0.324 e. The first kappa shape index (κ1) is 9.79. The quantitative estimate of drug-likeness (QED) is 0.744. The molecule has 1 aromatic rings. The van der Waals surface area contributed by atoms with Crippen molar-refractivity contribution in [3.63, 3.8) is 0 Å². The molecule has 5 nitrogen and oxygen atoms in total. The highest BCUT2D eigenvalue weighted by atomic mass is 16.7. The zero-order valence-corrected chi connectivity index (χ0v) is 8.06. The predicted octanol–water partition coefficient (Wildman–Crippen LogP) is 0.765. The van der Waals surface area contributed by atoms with Crippen LogP contribution in [-0.2, 0) is 16.1 Å². The molecule has 15 heavy (non-hydrogen) atoms. The Labute approximate surface area is 86.7 Å². The van der Waals surface area contributed by atoms with E-state index in [2.05, 4.69) is 4.84 Å². The van der Waals surface area contributed by atoms with E-state index in [9.17, 15) is 4.79 Å². The highest BCUT2D eigenvalue weighted by Gasteiger charge is 2.13. The van der Waals surface area contributed by atoms with Crippen molar-refractivity contribution >= 4 is 5.97 Å². The highest BCUT2D eigenvalue weighted by molar-refractivity contribution is 5.69. The number of carbonyl (C=O) groups excluding carboxylic acids is 1. The number of hydrogen-bond acceptors (Lipinski definition) is 5. The fourth-order valence-corrected chi connectivity index (χ4v) is 1.40. The van der Waals surface area contributed by atoms with Gasteiger partial charge in [-0.3, -0.25) is 4.79 Å². The summed E-state index contributed by atoms with van der Waals surface area (Å²) in [7, 11) is 0. The van der Waals surface area contributed by atoms with Gasteiger partial charge in [0.1, 0.15) is 0 Å². The molecule has 1 heterocycles. The molecule has 1 aromatic carbocycles. The largest absolute Gasteiger partial charge is 0.454 e. The molecule has 2 N–H and O–H groups in total. The minimum absolute atomic E-state index is 0.254. The van der Waals surface area contributed by atoms with Crippen LogP contribution in [0.1, 0.15) is 12.0 Å². The van der Waals surface area contributed by atoms with Gasteiger partial charge in [0.15, 0.2) is 11.5 Å². The fraction of sp³-hybridized carbons (Fsp3) is 0.300. The van der Waals surface area contributed by atoms with Crippen LogP contribution in [0.4, 0.5) is 0 Å². The zero-order chi connectivity index (χ0) is 10.7. The van der Waals surface area contributed by atoms with Crippen LogP contribution in [0.3, 0.4) is 0 Å².